The maximum atomic E-state index is 12.5. The van der Waals surface area contributed by atoms with E-state index >= 15 is 0 Å². The lowest BCUT2D eigenvalue weighted by molar-refractivity contribution is -0.126. The van der Waals surface area contributed by atoms with Gasteiger partial charge in [-0.05, 0) is 25.1 Å². The average molecular weight is 367 g/mol. The number of carbonyl (C=O) groups is 1. The Morgan fingerprint density at radius 3 is 2.63 bits per heavy atom. The van der Waals surface area contributed by atoms with Crippen LogP contribution in [-0.4, -0.2) is 27.0 Å². The highest BCUT2D eigenvalue weighted by atomic mass is 16.3. The Morgan fingerprint density at radius 2 is 1.93 bits per heavy atom. The molecule has 3 aromatic rings. The molecule has 7 heteroatoms. The number of rotatable bonds is 4. The summed E-state index contributed by atoms with van der Waals surface area (Å²) in [5.74, 6) is 0.400. The van der Waals surface area contributed by atoms with E-state index in [0.29, 0.717) is 5.76 Å². The van der Waals surface area contributed by atoms with E-state index in [1.54, 1.807) is 14.1 Å². The molecule has 2 aromatic heterocycles. The van der Waals surface area contributed by atoms with E-state index in [0.717, 1.165) is 15.5 Å². The van der Waals surface area contributed by atoms with Gasteiger partial charge in [0.05, 0.1) is 11.6 Å². The summed E-state index contributed by atoms with van der Waals surface area (Å²) in [7, 11) is 4.62. The van der Waals surface area contributed by atoms with Crippen molar-refractivity contribution in [2.24, 2.45) is 14.1 Å². The summed E-state index contributed by atoms with van der Waals surface area (Å²) in [6.45, 7) is 1.87. The van der Waals surface area contributed by atoms with Crippen molar-refractivity contribution < 1.29 is 9.21 Å². The summed E-state index contributed by atoms with van der Waals surface area (Å²) in [4.78, 5) is 37.9. The number of fused-ring (bicyclic) bond motifs is 1. The minimum Gasteiger partial charge on any atom is -0.459 e. The molecule has 0 aliphatic rings. The van der Waals surface area contributed by atoms with Gasteiger partial charge in [-0.15, -0.1) is 0 Å². The zero-order chi connectivity index (χ0) is 19.7. The number of benzene rings is 1. The predicted octanol–water partition coefficient (Wildman–Crippen LogP) is 2.06. The number of amides is 1. The Morgan fingerprint density at radius 1 is 1.22 bits per heavy atom. The fourth-order valence-electron chi connectivity index (χ4n) is 2.82. The topological polar surface area (TPSA) is 77.5 Å². The zero-order valence-electron chi connectivity index (χ0n) is 15.7. The van der Waals surface area contributed by atoms with Crippen molar-refractivity contribution in [1.29, 1.82) is 0 Å². The molecular formula is C20H21N3O4. The Hall–Kier alpha value is -3.35. The summed E-state index contributed by atoms with van der Waals surface area (Å²) in [5, 5.41) is 0.976. The number of hydrogen-bond donors (Lipinski definition) is 0. The normalized spacial score (nSPS) is 12.6. The Balaban J connectivity index is 1.82. The Bertz CT molecular complexity index is 1120. The molecular weight excluding hydrogens is 346 g/mol. The van der Waals surface area contributed by atoms with Crippen molar-refractivity contribution >= 4 is 23.0 Å². The van der Waals surface area contributed by atoms with Gasteiger partial charge < -0.3 is 13.9 Å². The highest BCUT2D eigenvalue weighted by Gasteiger charge is 2.19. The third-order valence-corrected chi connectivity index (χ3v) is 4.66. The van der Waals surface area contributed by atoms with Crippen molar-refractivity contribution in [3.05, 3.63) is 74.8 Å². The van der Waals surface area contributed by atoms with Gasteiger partial charge >= 0.3 is 5.69 Å². The SMILES string of the molecule is CC(c1cc2ccccc2o1)N(C)C(=O)/C=C/c1cn(C)c(=O)n(C)c1=O. The van der Waals surface area contributed by atoms with Crippen molar-refractivity contribution in [2.45, 2.75) is 13.0 Å². The van der Waals surface area contributed by atoms with E-state index in [2.05, 4.69) is 0 Å². The second kappa shape index (κ2) is 7.11. The first-order valence-electron chi connectivity index (χ1n) is 8.49. The number of aromatic nitrogens is 2. The number of para-hydroxylation sites is 1. The number of likely N-dealkylation sites (N-methyl/N-ethyl adjacent to an activating group) is 1. The fourth-order valence-corrected chi connectivity index (χ4v) is 2.82. The summed E-state index contributed by atoms with van der Waals surface area (Å²) >= 11 is 0. The summed E-state index contributed by atoms with van der Waals surface area (Å²) in [5.41, 5.74) is 0.163. The number of carbonyl (C=O) groups excluding carboxylic acids is 1. The minimum atomic E-state index is -0.449. The van der Waals surface area contributed by atoms with Gasteiger partial charge in [0, 0.05) is 38.8 Å². The molecule has 2 heterocycles. The lowest BCUT2D eigenvalue weighted by atomic mass is 10.2. The average Bonchev–Trinajstić information content (AvgIpc) is 3.10. The molecule has 7 nitrogen and oxygen atoms in total. The quantitative estimate of drug-likeness (QED) is 0.662. The maximum absolute atomic E-state index is 12.5. The fraction of sp³-hybridized carbons (Fsp3) is 0.250. The van der Waals surface area contributed by atoms with Crippen LogP contribution in [0.3, 0.4) is 0 Å². The molecule has 0 aliphatic heterocycles. The Kier molecular flexibility index (Phi) is 4.85. The van der Waals surface area contributed by atoms with Crippen LogP contribution in [0, 0.1) is 0 Å². The molecule has 0 fully saturated rings. The van der Waals surface area contributed by atoms with Crippen molar-refractivity contribution in [1.82, 2.24) is 14.0 Å². The van der Waals surface area contributed by atoms with Gasteiger partial charge in [0.1, 0.15) is 11.3 Å². The van der Waals surface area contributed by atoms with Gasteiger partial charge in [0.15, 0.2) is 0 Å². The van der Waals surface area contributed by atoms with E-state index in [4.69, 9.17) is 4.42 Å². The van der Waals surface area contributed by atoms with E-state index in [9.17, 15) is 14.4 Å². The van der Waals surface area contributed by atoms with Gasteiger partial charge in [-0.3, -0.25) is 14.2 Å². The Labute approximate surface area is 155 Å². The van der Waals surface area contributed by atoms with E-state index in [-0.39, 0.29) is 17.5 Å². The van der Waals surface area contributed by atoms with Crippen molar-refractivity contribution in [3.63, 3.8) is 0 Å². The van der Waals surface area contributed by atoms with Crippen LogP contribution in [0.2, 0.25) is 0 Å². The molecule has 1 unspecified atom stereocenters. The molecule has 0 aliphatic carbocycles. The van der Waals surface area contributed by atoms with E-state index in [1.807, 2.05) is 37.3 Å². The predicted molar refractivity (Wildman–Crippen MR) is 103 cm³/mol. The van der Waals surface area contributed by atoms with Crippen LogP contribution in [0.4, 0.5) is 0 Å². The molecule has 0 spiro atoms. The first-order valence-corrected chi connectivity index (χ1v) is 8.49. The van der Waals surface area contributed by atoms with Crippen molar-refractivity contribution in [3.8, 4) is 0 Å². The number of nitrogens with zero attached hydrogens (tertiary/aromatic N) is 3. The van der Waals surface area contributed by atoms with Crippen molar-refractivity contribution in [2.75, 3.05) is 7.05 Å². The largest absolute Gasteiger partial charge is 0.459 e. The van der Waals surface area contributed by atoms with Gasteiger partial charge in [-0.2, -0.15) is 0 Å². The molecule has 0 N–H and O–H groups in total. The molecule has 0 bridgehead atoms. The third-order valence-electron chi connectivity index (χ3n) is 4.66. The second-order valence-corrected chi connectivity index (χ2v) is 6.49. The monoisotopic (exact) mass is 367 g/mol. The highest BCUT2D eigenvalue weighted by molar-refractivity contribution is 5.91. The highest BCUT2D eigenvalue weighted by Crippen LogP contribution is 2.26. The first kappa shape index (κ1) is 18.4. The summed E-state index contributed by atoms with van der Waals surface area (Å²) < 4.78 is 8.12. The summed E-state index contributed by atoms with van der Waals surface area (Å²) in [6, 6.07) is 9.28. The van der Waals surface area contributed by atoms with Crippen LogP contribution in [-0.2, 0) is 18.9 Å². The summed E-state index contributed by atoms with van der Waals surface area (Å²) in [6.07, 6.45) is 4.16. The molecule has 27 heavy (non-hydrogen) atoms. The van der Waals surface area contributed by atoms with Crippen LogP contribution in [0.15, 0.2) is 56.6 Å². The molecule has 0 saturated heterocycles. The minimum absolute atomic E-state index is 0.262. The lowest BCUT2D eigenvalue weighted by Crippen LogP contribution is -2.37. The molecule has 140 valence electrons. The van der Waals surface area contributed by atoms with Crippen LogP contribution in [0.5, 0.6) is 0 Å². The maximum Gasteiger partial charge on any atom is 0.330 e. The van der Waals surface area contributed by atoms with Crippen LogP contribution < -0.4 is 11.2 Å². The van der Waals surface area contributed by atoms with E-state index in [1.165, 1.54) is 34.9 Å². The van der Waals surface area contributed by atoms with Gasteiger partial charge in [0.2, 0.25) is 5.91 Å². The zero-order valence-corrected chi connectivity index (χ0v) is 15.7. The second-order valence-electron chi connectivity index (χ2n) is 6.49. The molecule has 1 aromatic carbocycles. The smallest absolute Gasteiger partial charge is 0.330 e. The standard InChI is InChI=1S/C20H21N3O4/c1-13(17-11-14-7-5-6-8-16(14)27-17)22(3)18(24)10-9-15-12-21(2)20(26)23(4)19(15)25/h5-13H,1-4H3/b10-9+. The molecule has 0 saturated carbocycles. The molecule has 1 amide bonds. The number of hydrogen-bond acceptors (Lipinski definition) is 4. The number of aryl methyl sites for hydroxylation is 1. The van der Waals surface area contributed by atoms with E-state index < -0.39 is 11.2 Å². The van der Waals surface area contributed by atoms with Crippen LogP contribution >= 0.6 is 0 Å². The molecule has 1 atom stereocenters. The van der Waals surface area contributed by atoms with Gasteiger partial charge in [-0.25, -0.2) is 4.79 Å². The number of furan rings is 1. The molecule has 0 radical (unpaired) electrons. The first-order chi connectivity index (χ1) is 12.8. The lowest BCUT2D eigenvalue weighted by Gasteiger charge is -2.21. The van der Waals surface area contributed by atoms with Crippen LogP contribution in [0.1, 0.15) is 24.3 Å². The van der Waals surface area contributed by atoms with Gasteiger partial charge in [0.25, 0.3) is 5.56 Å². The van der Waals surface area contributed by atoms with Gasteiger partial charge in [-0.1, -0.05) is 18.2 Å². The van der Waals surface area contributed by atoms with Crippen LogP contribution in [0.25, 0.3) is 17.0 Å². The molecule has 3 rings (SSSR count). The third kappa shape index (κ3) is 3.48.